The molecule has 2 N–H and O–H groups in total. The highest BCUT2D eigenvalue weighted by Crippen LogP contribution is 2.19. The van der Waals surface area contributed by atoms with E-state index in [0.717, 1.165) is 29.7 Å². The van der Waals surface area contributed by atoms with Crippen molar-refractivity contribution < 1.29 is 4.74 Å². The Hall–Kier alpha value is -1.39. The van der Waals surface area contributed by atoms with Crippen molar-refractivity contribution in [3.63, 3.8) is 0 Å². The van der Waals surface area contributed by atoms with Gasteiger partial charge in [0.2, 0.25) is 0 Å². The molecule has 2 rings (SSSR count). The lowest BCUT2D eigenvalue weighted by Gasteiger charge is -2.26. The van der Waals surface area contributed by atoms with Gasteiger partial charge in [0.1, 0.15) is 5.82 Å². The normalized spacial score (nSPS) is 13.9. The lowest BCUT2D eigenvalue weighted by Crippen LogP contribution is -2.35. The predicted octanol–water partition coefficient (Wildman–Crippen LogP) is 2.26. The predicted molar refractivity (Wildman–Crippen MR) is 78.1 cm³/mol. The van der Waals surface area contributed by atoms with Crippen LogP contribution >= 0.6 is 0 Å². The van der Waals surface area contributed by atoms with Crippen LogP contribution in [0.2, 0.25) is 0 Å². The zero-order valence-electron chi connectivity index (χ0n) is 12.2. The van der Waals surface area contributed by atoms with Crippen molar-refractivity contribution in [3.05, 3.63) is 30.1 Å². The molecule has 0 amide bonds. The van der Waals surface area contributed by atoms with Crippen molar-refractivity contribution in [2.45, 2.75) is 38.3 Å². The molecule has 1 unspecified atom stereocenters. The smallest absolute Gasteiger partial charge is 0.111 e. The summed E-state index contributed by atoms with van der Waals surface area (Å²) in [7, 11) is 3.76. The molecule has 0 saturated carbocycles. The quantitative estimate of drug-likeness (QED) is 0.898. The SMILES string of the molecule is COC(C)(C)CC(N)Cc1nc2ccccc2n1C. The Morgan fingerprint density at radius 1 is 1.37 bits per heavy atom. The van der Waals surface area contributed by atoms with Crippen LogP contribution in [0.15, 0.2) is 24.3 Å². The summed E-state index contributed by atoms with van der Waals surface area (Å²) in [6.45, 7) is 4.11. The van der Waals surface area contributed by atoms with E-state index >= 15 is 0 Å². The molecule has 4 heteroatoms. The Kier molecular flexibility index (Phi) is 3.92. The Balaban J connectivity index is 2.15. The minimum absolute atomic E-state index is 0.0467. The summed E-state index contributed by atoms with van der Waals surface area (Å²) in [5.41, 5.74) is 8.21. The lowest BCUT2D eigenvalue weighted by atomic mass is 9.97. The van der Waals surface area contributed by atoms with Crippen LogP contribution < -0.4 is 5.73 Å². The van der Waals surface area contributed by atoms with Crippen molar-refractivity contribution in [2.24, 2.45) is 12.8 Å². The molecule has 1 aromatic heterocycles. The van der Waals surface area contributed by atoms with Crippen molar-refractivity contribution in [2.75, 3.05) is 7.11 Å². The number of hydrogen-bond acceptors (Lipinski definition) is 3. The monoisotopic (exact) mass is 261 g/mol. The van der Waals surface area contributed by atoms with Gasteiger partial charge >= 0.3 is 0 Å². The van der Waals surface area contributed by atoms with Crippen molar-refractivity contribution >= 4 is 11.0 Å². The first kappa shape index (κ1) is 14.0. The summed E-state index contributed by atoms with van der Waals surface area (Å²) in [6.07, 6.45) is 1.57. The first-order chi connectivity index (χ1) is 8.93. The van der Waals surface area contributed by atoms with E-state index in [4.69, 9.17) is 10.5 Å². The number of hydrogen-bond donors (Lipinski definition) is 1. The third-order valence-electron chi connectivity index (χ3n) is 3.63. The maximum Gasteiger partial charge on any atom is 0.111 e. The number of nitrogens with zero attached hydrogens (tertiary/aromatic N) is 2. The average Bonchev–Trinajstić information content (AvgIpc) is 2.66. The molecule has 4 nitrogen and oxygen atoms in total. The Morgan fingerprint density at radius 2 is 2.05 bits per heavy atom. The van der Waals surface area contributed by atoms with E-state index in [1.165, 1.54) is 0 Å². The number of benzene rings is 1. The maximum atomic E-state index is 6.22. The number of nitrogens with two attached hydrogens (primary N) is 1. The fourth-order valence-electron chi connectivity index (χ4n) is 2.40. The Bertz CT molecular complexity index is 560. The van der Waals surface area contributed by atoms with Crippen LogP contribution in [0.5, 0.6) is 0 Å². The number of fused-ring (bicyclic) bond motifs is 1. The van der Waals surface area contributed by atoms with E-state index in [9.17, 15) is 0 Å². The van der Waals surface area contributed by atoms with Gasteiger partial charge in [-0.05, 0) is 32.4 Å². The fourth-order valence-corrected chi connectivity index (χ4v) is 2.40. The molecule has 19 heavy (non-hydrogen) atoms. The second kappa shape index (κ2) is 5.31. The molecule has 0 fully saturated rings. The number of ether oxygens (including phenoxy) is 1. The van der Waals surface area contributed by atoms with Gasteiger partial charge in [-0.3, -0.25) is 0 Å². The summed E-state index contributed by atoms with van der Waals surface area (Å²) in [5.74, 6) is 1.03. The standard InChI is InChI=1S/C15H23N3O/c1-15(2,19-4)10-11(16)9-14-17-12-7-5-6-8-13(12)18(14)3/h5-8,11H,9-10,16H2,1-4H3. The fraction of sp³-hybridized carbons (Fsp3) is 0.533. The number of aryl methyl sites for hydroxylation is 1. The first-order valence-electron chi connectivity index (χ1n) is 6.64. The van der Waals surface area contributed by atoms with Crippen molar-refractivity contribution in [1.29, 1.82) is 0 Å². The molecule has 0 aliphatic carbocycles. The number of rotatable bonds is 5. The molecule has 2 aromatic rings. The largest absolute Gasteiger partial charge is 0.379 e. The lowest BCUT2D eigenvalue weighted by molar-refractivity contribution is 0.0100. The number of imidazole rings is 1. The van der Waals surface area contributed by atoms with Gasteiger partial charge in [-0.1, -0.05) is 12.1 Å². The van der Waals surface area contributed by atoms with Gasteiger partial charge in [-0.25, -0.2) is 4.98 Å². The van der Waals surface area contributed by atoms with Crippen molar-refractivity contribution in [1.82, 2.24) is 9.55 Å². The molecule has 1 atom stereocenters. The topological polar surface area (TPSA) is 53.1 Å². The van der Waals surface area contributed by atoms with Crippen molar-refractivity contribution in [3.8, 4) is 0 Å². The molecule has 0 bridgehead atoms. The summed E-state index contributed by atoms with van der Waals surface area (Å²) in [5, 5.41) is 0. The van der Waals surface area contributed by atoms with E-state index in [1.807, 2.05) is 25.2 Å². The maximum absolute atomic E-state index is 6.22. The zero-order chi connectivity index (χ0) is 14.0. The minimum atomic E-state index is -0.190. The van der Waals surface area contributed by atoms with E-state index in [2.05, 4.69) is 29.5 Å². The molecule has 0 saturated heterocycles. The van der Waals surface area contributed by atoms with E-state index in [-0.39, 0.29) is 11.6 Å². The van der Waals surface area contributed by atoms with Gasteiger partial charge in [-0.2, -0.15) is 0 Å². The Labute approximate surface area is 114 Å². The zero-order valence-corrected chi connectivity index (χ0v) is 12.2. The highest BCUT2D eigenvalue weighted by molar-refractivity contribution is 5.75. The Morgan fingerprint density at radius 3 is 2.68 bits per heavy atom. The molecule has 0 spiro atoms. The minimum Gasteiger partial charge on any atom is -0.379 e. The van der Waals surface area contributed by atoms with E-state index < -0.39 is 0 Å². The van der Waals surface area contributed by atoms with Gasteiger partial charge in [0.25, 0.3) is 0 Å². The summed E-state index contributed by atoms with van der Waals surface area (Å²) >= 11 is 0. The first-order valence-corrected chi connectivity index (χ1v) is 6.64. The van der Waals surface area contributed by atoms with Gasteiger partial charge in [0.05, 0.1) is 16.6 Å². The highest BCUT2D eigenvalue weighted by Gasteiger charge is 2.22. The molecule has 1 heterocycles. The number of para-hydroxylation sites is 2. The van der Waals surface area contributed by atoms with Crippen LogP contribution in [0.25, 0.3) is 11.0 Å². The summed E-state index contributed by atoms with van der Waals surface area (Å²) in [6, 6.07) is 8.19. The van der Waals surface area contributed by atoms with Crippen LogP contribution in [0.3, 0.4) is 0 Å². The van der Waals surface area contributed by atoms with Gasteiger partial charge in [0.15, 0.2) is 0 Å². The molecular formula is C15H23N3O. The van der Waals surface area contributed by atoms with Gasteiger partial charge in [0, 0.05) is 26.6 Å². The molecule has 0 radical (unpaired) electrons. The second-order valence-corrected chi connectivity index (χ2v) is 5.71. The molecule has 1 aromatic carbocycles. The van der Waals surface area contributed by atoms with Crippen LogP contribution in [0.1, 0.15) is 26.1 Å². The highest BCUT2D eigenvalue weighted by atomic mass is 16.5. The van der Waals surface area contributed by atoms with Crippen LogP contribution in [0.4, 0.5) is 0 Å². The van der Waals surface area contributed by atoms with Crippen LogP contribution in [-0.2, 0) is 18.2 Å². The van der Waals surface area contributed by atoms with Gasteiger partial charge < -0.3 is 15.0 Å². The third kappa shape index (κ3) is 3.14. The molecule has 104 valence electrons. The van der Waals surface area contributed by atoms with Crippen LogP contribution in [0, 0.1) is 0 Å². The molecular weight excluding hydrogens is 238 g/mol. The average molecular weight is 261 g/mol. The summed E-state index contributed by atoms with van der Waals surface area (Å²) in [4.78, 5) is 4.65. The molecule has 0 aliphatic heterocycles. The van der Waals surface area contributed by atoms with Gasteiger partial charge in [-0.15, -0.1) is 0 Å². The number of methoxy groups -OCH3 is 1. The molecule has 0 aliphatic rings. The summed E-state index contributed by atoms with van der Waals surface area (Å²) < 4.78 is 7.55. The second-order valence-electron chi connectivity index (χ2n) is 5.71. The third-order valence-corrected chi connectivity index (χ3v) is 3.63. The van der Waals surface area contributed by atoms with E-state index in [1.54, 1.807) is 7.11 Å². The van der Waals surface area contributed by atoms with Crippen LogP contribution in [-0.4, -0.2) is 28.3 Å². The van der Waals surface area contributed by atoms with E-state index in [0.29, 0.717) is 0 Å². The number of aromatic nitrogens is 2.